The van der Waals surface area contributed by atoms with Crippen LogP contribution in [0.5, 0.6) is 0 Å². The summed E-state index contributed by atoms with van der Waals surface area (Å²) in [4.78, 5) is 8.94. The van der Waals surface area contributed by atoms with E-state index >= 15 is 0 Å². The summed E-state index contributed by atoms with van der Waals surface area (Å²) in [7, 11) is 0. The Kier molecular flexibility index (Phi) is 5.41. The number of para-hydroxylation sites is 1. The Balaban J connectivity index is 1.49. The third kappa shape index (κ3) is 4.02. The van der Waals surface area contributed by atoms with Gasteiger partial charge in [-0.25, -0.2) is 4.98 Å². The zero-order chi connectivity index (χ0) is 17.6. The third-order valence-corrected chi connectivity index (χ3v) is 5.20. The zero-order valence-corrected chi connectivity index (χ0v) is 15.1. The summed E-state index contributed by atoms with van der Waals surface area (Å²) in [5.74, 6) is 0.840. The van der Waals surface area contributed by atoms with Gasteiger partial charge in [0.1, 0.15) is 0 Å². The average Bonchev–Trinajstić information content (AvgIpc) is 2.72. The molecular weight excluding hydrogens is 320 g/mol. The van der Waals surface area contributed by atoms with E-state index in [0.717, 1.165) is 29.2 Å². The maximum Gasteiger partial charge on any atom is 0.0731 e. The number of aromatic nitrogens is 2. The minimum absolute atomic E-state index is 0.840. The number of rotatable bonds is 6. The van der Waals surface area contributed by atoms with E-state index in [1.165, 1.54) is 49.8 Å². The highest BCUT2D eigenvalue weighted by atomic mass is 14.9. The average molecular weight is 346 g/mol. The Bertz CT molecular complexity index is 841. The molecule has 1 aromatic carbocycles. The van der Waals surface area contributed by atoms with Crippen molar-refractivity contribution in [1.29, 1.82) is 0 Å². The van der Waals surface area contributed by atoms with E-state index in [9.17, 15) is 0 Å². The van der Waals surface area contributed by atoms with Gasteiger partial charge in [-0.3, -0.25) is 4.98 Å². The number of hydrogen-bond donors (Lipinski definition) is 2. The Morgan fingerprint density at radius 1 is 1.12 bits per heavy atom. The summed E-state index contributed by atoms with van der Waals surface area (Å²) in [6, 6.07) is 14.5. The molecule has 0 amide bonds. The normalized spacial score (nSPS) is 17.3. The van der Waals surface area contributed by atoms with Crippen molar-refractivity contribution in [3.63, 3.8) is 0 Å². The largest absolute Gasteiger partial charge is 0.384 e. The quantitative estimate of drug-likeness (QED) is 0.646. The Hall–Kier alpha value is -2.46. The lowest BCUT2D eigenvalue weighted by Gasteiger charge is -2.22. The van der Waals surface area contributed by atoms with E-state index in [1.807, 2.05) is 30.6 Å². The minimum atomic E-state index is 0.840. The number of nitrogens with zero attached hydrogens (tertiary/aromatic N) is 2. The standard InChI is InChI=1S/C22H26N4/c1-2-8-20-19(7-1)22(15-21(26-20)18-9-13-23-14-10-18)25-12-4-6-17-5-3-11-24-16-17/h1-2,7-10,13-15,17,24H,3-6,11-12,16H2,(H,25,26). The first-order valence-electron chi connectivity index (χ1n) is 9.65. The lowest BCUT2D eigenvalue weighted by Crippen LogP contribution is -2.29. The van der Waals surface area contributed by atoms with Crippen molar-refractivity contribution >= 4 is 16.6 Å². The molecule has 4 rings (SSSR count). The SMILES string of the molecule is c1ccc2c(NCCCC3CCCNC3)cc(-c3ccncc3)nc2c1. The number of benzene rings is 1. The summed E-state index contributed by atoms with van der Waals surface area (Å²) in [5.41, 5.74) is 4.29. The van der Waals surface area contributed by atoms with Gasteiger partial charge in [0.2, 0.25) is 0 Å². The van der Waals surface area contributed by atoms with E-state index in [1.54, 1.807) is 0 Å². The lowest BCUT2D eigenvalue weighted by atomic mass is 9.95. The van der Waals surface area contributed by atoms with Crippen molar-refractivity contribution < 1.29 is 0 Å². The number of hydrogen-bond acceptors (Lipinski definition) is 4. The highest BCUT2D eigenvalue weighted by Crippen LogP contribution is 2.28. The fourth-order valence-electron chi connectivity index (χ4n) is 3.78. The highest BCUT2D eigenvalue weighted by molar-refractivity contribution is 5.93. The summed E-state index contributed by atoms with van der Waals surface area (Å²) < 4.78 is 0. The molecule has 2 N–H and O–H groups in total. The molecule has 0 bridgehead atoms. The van der Waals surface area contributed by atoms with Crippen LogP contribution in [0.2, 0.25) is 0 Å². The van der Waals surface area contributed by atoms with Crippen molar-refractivity contribution in [3.8, 4) is 11.3 Å². The van der Waals surface area contributed by atoms with Crippen LogP contribution >= 0.6 is 0 Å². The molecule has 2 aromatic heterocycles. The fourth-order valence-corrected chi connectivity index (χ4v) is 3.78. The van der Waals surface area contributed by atoms with Crippen molar-refractivity contribution in [2.45, 2.75) is 25.7 Å². The van der Waals surface area contributed by atoms with Crippen LogP contribution < -0.4 is 10.6 Å². The van der Waals surface area contributed by atoms with Crippen molar-refractivity contribution in [2.75, 3.05) is 25.0 Å². The molecule has 134 valence electrons. The van der Waals surface area contributed by atoms with Gasteiger partial charge in [0, 0.05) is 35.6 Å². The molecule has 3 aromatic rings. The van der Waals surface area contributed by atoms with Gasteiger partial charge in [-0.05, 0) is 69.0 Å². The predicted octanol–water partition coefficient (Wildman–Crippen LogP) is 4.49. The fraction of sp³-hybridized carbons (Fsp3) is 0.364. The summed E-state index contributed by atoms with van der Waals surface area (Å²) in [5, 5.41) is 8.36. The van der Waals surface area contributed by atoms with Crippen LogP contribution in [0.15, 0.2) is 54.9 Å². The van der Waals surface area contributed by atoms with Crippen LogP contribution in [-0.2, 0) is 0 Å². The molecule has 26 heavy (non-hydrogen) atoms. The molecule has 1 atom stereocenters. The van der Waals surface area contributed by atoms with Crippen molar-refractivity contribution in [3.05, 3.63) is 54.9 Å². The van der Waals surface area contributed by atoms with Gasteiger partial charge >= 0.3 is 0 Å². The molecule has 1 aliphatic heterocycles. The van der Waals surface area contributed by atoms with Crippen LogP contribution in [0, 0.1) is 5.92 Å². The molecule has 0 spiro atoms. The number of pyridine rings is 2. The van der Waals surface area contributed by atoms with Crippen LogP contribution in [0.4, 0.5) is 5.69 Å². The first-order valence-corrected chi connectivity index (χ1v) is 9.65. The number of piperidine rings is 1. The van der Waals surface area contributed by atoms with Crippen molar-refractivity contribution in [1.82, 2.24) is 15.3 Å². The van der Waals surface area contributed by atoms with Crippen LogP contribution in [0.1, 0.15) is 25.7 Å². The zero-order valence-electron chi connectivity index (χ0n) is 15.1. The van der Waals surface area contributed by atoms with Crippen molar-refractivity contribution in [2.24, 2.45) is 5.92 Å². The molecule has 1 saturated heterocycles. The molecule has 0 aliphatic carbocycles. The topological polar surface area (TPSA) is 49.8 Å². The van der Waals surface area contributed by atoms with E-state index in [4.69, 9.17) is 4.98 Å². The number of nitrogens with one attached hydrogen (secondary N) is 2. The van der Waals surface area contributed by atoms with Gasteiger partial charge in [0.25, 0.3) is 0 Å². The molecule has 3 heterocycles. The predicted molar refractivity (Wildman–Crippen MR) is 108 cm³/mol. The van der Waals surface area contributed by atoms with E-state index in [-0.39, 0.29) is 0 Å². The van der Waals surface area contributed by atoms with E-state index < -0.39 is 0 Å². The molecule has 1 unspecified atom stereocenters. The molecule has 1 aliphatic rings. The van der Waals surface area contributed by atoms with E-state index in [0.29, 0.717) is 0 Å². The van der Waals surface area contributed by atoms with Gasteiger partial charge in [-0.1, -0.05) is 18.2 Å². The highest BCUT2D eigenvalue weighted by Gasteiger charge is 2.12. The van der Waals surface area contributed by atoms with E-state index in [2.05, 4.69) is 39.9 Å². The lowest BCUT2D eigenvalue weighted by molar-refractivity contribution is 0.353. The Labute approximate surface area is 155 Å². The first kappa shape index (κ1) is 17.0. The number of fused-ring (bicyclic) bond motifs is 1. The molecule has 0 saturated carbocycles. The third-order valence-electron chi connectivity index (χ3n) is 5.20. The van der Waals surface area contributed by atoms with Crippen LogP contribution in [-0.4, -0.2) is 29.6 Å². The summed E-state index contributed by atoms with van der Waals surface area (Å²) in [6.45, 7) is 3.38. The first-order chi connectivity index (χ1) is 12.9. The molecular formula is C22H26N4. The Morgan fingerprint density at radius 2 is 2.00 bits per heavy atom. The summed E-state index contributed by atoms with van der Waals surface area (Å²) in [6.07, 6.45) is 8.82. The van der Waals surface area contributed by atoms with Gasteiger partial charge < -0.3 is 10.6 Å². The smallest absolute Gasteiger partial charge is 0.0731 e. The monoisotopic (exact) mass is 346 g/mol. The van der Waals surface area contributed by atoms with Gasteiger partial charge in [-0.2, -0.15) is 0 Å². The number of anilines is 1. The minimum Gasteiger partial charge on any atom is -0.384 e. The second kappa shape index (κ2) is 8.28. The second-order valence-corrected chi connectivity index (χ2v) is 7.09. The van der Waals surface area contributed by atoms with Crippen LogP contribution in [0.3, 0.4) is 0 Å². The van der Waals surface area contributed by atoms with Gasteiger partial charge in [0.15, 0.2) is 0 Å². The summed E-state index contributed by atoms with van der Waals surface area (Å²) >= 11 is 0. The molecule has 0 radical (unpaired) electrons. The van der Waals surface area contributed by atoms with Gasteiger partial charge in [0.05, 0.1) is 11.2 Å². The maximum absolute atomic E-state index is 4.83. The van der Waals surface area contributed by atoms with Crippen LogP contribution in [0.25, 0.3) is 22.2 Å². The molecule has 4 heteroatoms. The molecule has 1 fully saturated rings. The van der Waals surface area contributed by atoms with Gasteiger partial charge in [-0.15, -0.1) is 0 Å². The maximum atomic E-state index is 4.83. The Morgan fingerprint density at radius 3 is 2.85 bits per heavy atom. The second-order valence-electron chi connectivity index (χ2n) is 7.09. The molecule has 4 nitrogen and oxygen atoms in total.